The van der Waals surface area contributed by atoms with Crippen LogP contribution in [-0.2, 0) is 4.79 Å². The molecule has 1 atom stereocenters. The van der Waals surface area contributed by atoms with Gasteiger partial charge in [-0.2, -0.15) is 0 Å². The first kappa shape index (κ1) is 18.3. The summed E-state index contributed by atoms with van der Waals surface area (Å²) < 4.78 is 0. The van der Waals surface area contributed by atoms with Gasteiger partial charge >= 0.3 is 0 Å². The highest BCUT2D eigenvalue weighted by Crippen LogP contribution is 2.38. The topological polar surface area (TPSA) is 23.6 Å². The van der Waals surface area contributed by atoms with Crippen LogP contribution in [0.25, 0.3) is 5.57 Å². The molecule has 0 aliphatic carbocycles. The Labute approximate surface area is 166 Å². The first-order valence-corrected chi connectivity index (χ1v) is 10.0. The largest absolute Gasteiger partial charge is 0.312 e. The van der Waals surface area contributed by atoms with Crippen LogP contribution in [0.5, 0.6) is 0 Å². The Balaban J connectivity index is 1.36. The second-order valence-electron chi connectivity index (χ2n) is 7.46. The van der Waals surface area contributed by atoms with Crippen molar-refractivity contribution in [3.63, 3.8) is 0 Å². The highest BCUT2D eigenvalue weighted by molar-refractivity contribution is 6.30. The van der Waals surface area contributed by atoms with Crippen LogP contribution < -0.4 is 4.90 Å². The van der Waals surface area contributed by atoms with Gasteiger partial charge in [0.05, 0.1) is 0 Å². The van der Waals surface area contributed by atoms with Crippen LogP contribution in [0.3, 0.4) is 0 Å². The molecule has 4 rings (SSSR count). The van der Waals surface area contributed by atoms with Crippen LogP contribution in [0, 0.1) is 0 Å². The SMILES string of the molecule is CC(=O)N1CC(CCN2CC=C(c3ccc(Cl)cc3)CC2)c2ccccc21. The lowest BCUT2D eigenvalue weighted by atomic mass is 9.96. The van der Waals surface area contributed by atoms with E-state index in [1.807, 2.05) is 23.1 Å². The van der Waals surface area contributed by atoms with E-state index in [2.05, 4.69) is 41.3 Å². The fraction of sp³-hybridized carbons (Fsp3) is 0.348. The predicted molar refractivity (Wildman–Crippen MR) is 112 cm³/mol. The zero-order valence-electron chi connectivity index (χ0n) is 15.7. The molecule has 0 bridgehead atoms. The lowest BCUT2D eigenvalue weighted by Crippen LogP contribution is -2.31. The van der Waals surface area contributed by atoms with E-state index in [0.717, 1.165) is 49.7 Å². The number of halogens is 1. The number of fused-ring (bicyclic) bond motifs is 1. The normalized spacial score (nSPS) is 19.7. The lowest BCUT2D eigenvalue weighted by molar-refractivity contribution is -0.116. The number of hydrogen-bond donors (Lipinski definition) is 0. The van der Waals surface area contributed by atoms with E-state index in [1.54, 1.807) is 6.92 Å². The maximum atomic E-state index is 12.0. The van der Waals surface area contributed by atoms with E-state index in [1.165, 1.54) is 16.7 Å². The summed E-state index contributed by atoms with van der Waals surface area (Å²) in [5.41, 5.74) is 5.11. The second kappa shape index (κ2) is 7.87. The summed E-state index contributed by atoms with van der Waals surface area (Å²) in [6.07, 6.45) is 4.50. The molecular weight excluding hydrogens is 356 g/mol. The van der Waals surface area contributed by atoms with Crippen LogP contribution in [0.4, 0.5) is 5.69 Å². The average molecular weight is 381 g/mol. The number of hydrogen-bond acceptors (Lipinski definition) is 2. The van der Waals surface area contributed by atoms with Crippen molar-refractivity contribution in [3.05, 3.63) is 70.8 Å². The van der Waals surface area contributed by atoms with Gasteiger partial charge in [0.15, 0.2) is 0 Å². The van der Waals surface area contributed by atoms with Gasteiger partial charge in [-0.15, -0.1) is 0 Å². The molecule has 0 spiro atoms. The van der Waals surface area contributed by atoms with Crippen LogP contribution in [0.15, 0.2) is 54.6 Å². The summed E-state index contributed by atoms with van der Waals surface area (Å²) in [5, 5.41) is 0.785. The predicted octanol–water partition coefficient (Wildman–Crippen LogP) is 4.97. The van der Waals surface area contributed by atoms with E-state index < -0.39 is 0 Å². The van der Waals surface area contributed by atoms with Gasteiger partial charge < -0.3 is 4.90 Å². The van der Waals surface area contributed by atoms with Gasteiger partial charge in [-0.1, -0.05) is 48.0 Å². The molecule has 0 fully saturated rings. The molecule has 0 N–H and O–H groups in total. The minimum absolute atomic E-state index is 0.137. The third-order valence-electron chi connectivity index (χ3n) is 5.75. The Kier molecular flexibility index (Phi) is 5.33. The molecule has 2 aromatic carbocycles. The molecule has 2 aliphatic rings. The molecule has 3 nitrogen and oxygen atoms in total. The standard InChI is InChI=1S/C23H25ClN2O/c1-17(27)26-16-20(22-4-2-3-5-23(22)26)12-15-25-13-10-19(11-14-25)18-6-8-21(24)9-7-18/h2-10,20H,11-16H2,1H3. The molecule has 2 aromatic rings. The first-order chi connectivity index (χ1) is 13.1. The minimum atomic E-state index is 0.137. The van der Waals surface area contributed by atoms with Crippen molar-refractivity contribution in [2.75, 3.05) is 31.1 Å². The van der Waals surface area contributed by atoms with Crippen molar-refractivity contribution in [1.29, 1.82) is 0 Å². The Morgan fingerprint density at radius 1 is 1.15 bits per heavy atom. The van der Waals surface area contributed by atoms with Gasteiger partial charge in [-0.25, -0.2) is 0 Å². The molecule has 27 heavy (non-hydrogen) atoms. The second-order valence-corrected chi connectivity index (χ2v) is 7.90. The molecule has 140 valence electrons. The zero-order chi connectivity index (χ0) is 18.8. The van der Waals surface area contributed by atoms with Crippen molar-refractivity contribution >= 4 is 28.8 Å². The Hall–Kier alpha value is -2.10. The maximum absolute atomic E-state index is 12.0. The fourth-order valence-electron chi connectivity index (χ4n) is 4.22. The first-order valence-electron chi connectivity index (χ1n) is 9.66. The highest BCUT2D eigenvalue weighted by Gasteiger charge is 2.30. The van der Waals surface area contributed by atoms with E-state index >= 15 is 0 Å². The number of carbonyl (C=O) groups is 1. The summed E-state index contributed by atoms with van der Waals surface area (Å²) in [4.78, 5) is 16.4. The van der Waals surface area contributed by atoms with E-state index in [0.29, 0.717) is 5.92 Å². The number of rotatable bonds is 4. The van der Waals surface area contributed by atoms with Gasteiger partial charge in [0, 0.05) is 43.2 Å². The third kappa shape index (κ3) is 3.95. The molecule has 0 radical (unpaired) electrons. The summed E-state index contributed by atoms with van der Waals surface area (Å²) in [7, 11) is 0. The number of amides is 1. The number of para-hydroxylation sites is 1. The van der Waals surface area contributed by atoms with Crippen LogP contribution in [0.2, 0.25) is 5.02 Å². The molecule has 0 saturated heterocycles. The summed E-state index contributed by atoms with van der Waals surface area (Å²) >= 11 is 5.99. The zero-order valence-corrected chi connectivity index (χ0v) is 16.5. The van der Waals surface area contributed by atoms with Gasteiger partial charge in [-0.05, 0) is 54.3 Å². The van der Waals surface area contributed by atoms with Crippen LogP contribution in [0.1, 0.15) is 36.8 Å². The Morgan fingerprint density at radius 3 is 2.63 bits per heavy atom. The number of nitrogens with zero attached hydrogens (tertiary/aromatic N) is 2. The van der Waals surface area contributed by atoms with E-state index in [-0.39, 0.29) is 5.91 Å². The van der Waals surface area contributed by atoms with Crippen molar-refractivity contribution in [1.82, 2.24) is 4.90 Å². The number of carbonyl (C=O) groups excluding carboxylic acids is 1. The van der Waals surface area contributed by atoms with Crippen LogP contribution in [-0.4, -0.2) is 37.0 Å². The summed E-state index contributed by atoms with van der Waals surface area (Å²) in [5.74, 6) is 0.574. The molecule has 4 heteroatoms. The molecule has 1 unspecified atom stereocenters. The lowest BCUT2D eigenvalue weighted by Gasteiger charge is -2.27. The van der Waals surface area contributed by atoms with Gasteiger partial charge in [0.2, 0.25) is 5.91 Å². The van der Waals surface area contributed by atoms with Crippen molar-refractivity contribution in [2.45, 2.75) is 25.7 Å². The molecule has 2 heterocycles. The van der Waals surface area contributed by atoms with Gasteiger partial charge in [0.25, 0.3) is 0 Å². The van der Waals surface area contributed by atoms with Crippen molar-refractivity contribution < 1.29 is 4.79 Å². The molecule has 2 aliphatic heterocycles. The van der Waals surface area contributed by atoms with Crippen molar-refractivity contribution in [2.24, 2.45) is 0 Å². The van der Waals surface area contributed by atoms with Crippen LogP contribution >= 0.6 is 11.6 Å². The Morgan fingerprint density at radius 2 is 1.93 bits per heavy atom. The van der Waals surface area contributed by atoms with Crippen molar-refractivity contribution in [3.8, 4) is 0 Å². The average Bonchev–Trinajstić information content (AvgIpc) is 3.07. The molecular formula is C23H25ClN2O. The summed E-state index contributed by atoms with van der Waals surface area (Å²) in [6.45, 7) is 5.61. The van der Waals surface area contributed by atoms with Gasteiger partial charge in [0.1, 0.15) is 0 Å². The van der Waals surface area contributed by atoms with E-state index in [4.69, 9.17) is 11.6 Å². The number of anilines is 1. The van der Waals surface area contributed by atoms with E-state index in [9.17, 15) is 4.79 Å². The summed E-state index contributed by atoms with van der Waals surface area (Å²) in [6, 6.07) is 16.5. The molecule has 1 amide bonds. The fourth-order valence-corrected chi connectivity index (χ4v) is 4.35. The third-order valence-corrected chi connectivity index (χ3v) is 6.00. The quantitative estimate of drug-likeness (QED) is 0.747. The van der Waals surface area contributed by atoms with Gasteiger partial charge in [-0.3, -0.25) is 9.69 Å². The minimum Gasteiger partial charge on any atom is -0.312 e. The highest BCUT2D eigenvalue weighted by atomic mass is 35.5. The monoisotopic (exact) mass is 380 g/mol. The molecule has 0 aromatic heterocycles. The molecule has 0 saturated carbocycles. The maximum Gasteiger partial charge on any atom is 0.223 e. The Bertz CT molecular complexity index is 859. The number of benzene rings is 2. The smallest absolute Gasteiger partial charge is 0.223 e.